The Hall–Kier alpha value is -0.120. The summed E-state index contributed by atoms with van der Waals surface area (Å²) in [5, 5.41) is 9.92. The minimum absolute atomic E-state index is 0.0753. The molecule has 3 nitrogen and oxygen atoms in total. The zero-order chi connectivity index (χ0) is 12.3. The molecule has 0 saturated carbocycles. The largest absolute Gasteiger partial charge is 0.392 e. The summed E-state index contributed by atoms with van der Waals surface area (Å²) in [5.41, 5.74) is 0.0753. The van der Waals surface area contributed by atoms with Gasteiger partial charge in [0.15, 0.2) is 0 Å². The van der Waals surface area contributed by atoms with Crippen LogP contribution in [0.4, 0.5) is 0 Å². The van der Waals surface area contributed by atoms with Crippen LogP contribution >= 0.6 is 0 Å². The number of hydrogen-bond donors (Lipinski definition) is 1. The van der Waals surface area contributed by atoms with E-state index in [9.17, 15) is 5.11 Å². The third-order valence-electron chi connectivity index (χ3n) is 4.40. The molecule has 2 rings (SSSR count). The monoisotopic (exact) mass is 240 g/mol. The lowest BCUT2D eigenvalue weighted by Crippen LogP contribution is -2.49. The van der Waals surface area contributed by atoms with Crippen molar-refractivity contribution in [2.75, 3.05) is 39.3 Å². The maximum atomic E-state index is 9.92. The van der Waals surface area contributed by atoms with Crippen molar-refractivity contribution in [3.8, 4) is 0 Å². The summed E-state index contributed by atoms with van der Waals surface area (Å²) in [6.07, 6.45) is 4.90. The number of rotatable bonds is 4. The molecule has 0 bridgehead atoms. The Labute approximate surface area is 106 Å². The zero-order valence-electron chi connectivity index (χ0n) is 11.5. The van der Waals surface area contributed by atoms with Crippen molar-refractivity contribution in [3.63, 3.8) is 0 Å². The predicted molar refractivity (Wildman–Crippen MR) is 71.1 cm³/mol. The third-order valence-corrected chi connectivity index (χ3v) is 4.40. The van der Waals surface area contributed by atoms with E-state index >= 15 is 0 Å². The van der Waals surface area contributed by atoms with Gasteiger partial charge in [-0.3, -0.25) is 0 Å². The predicted octanol–water partition coefficient (Wildman–Crippen LogP) is 1.57. The summed E-state index contributed by atoms with van der Waals surface area (Å²) >= 11 is 0. The summed E-state index contributed by atoms with van der Waals surface area (Å²) in [5.74, 6) is 0. The highest BCUT2D eigenvalue weighted by Crippen LogP contribution is 2.28. The number of likely N-dealkylation sites (tertiary alicyclic amines) is 2. The summed E-state index contributed by atoms with van der Waals surface area (Å²) < 4.78 is 0. The molecule has 0 radical (unpaired) electrons. The van der Waals surface area contributed by atoms with Gasteiger partial charge in [-0.1, -0.05) is 13.8 Å². The van der Waals surface area contributed by atoms with Crippen molar-refractivity contribution < 1.29 is 5.11 Å². The van der Waals surface area contributed by atoms with E-state index in [2.05, 4.69) is 23.6 Å². The second-order valence-corrected chi connectivity index (χ2v) is 6.47. The highest BCUT2D eigenvalue weighted by atomic mass is 16.3. The fourth-order valence-corrected chi connectivity index (χ4v) is 3.17. The van der Waals surface area contributed by atoms with Gasteiger partial charge in [0.1, 0.15) is 0 Å². The van der Waals surface area contributed by atoms with E-state index < -0.39 is 0 Å². The van der Waals surface area contributed by atoms with Crippen molar-refractivity contribution in [3.05, 3.63) is 0 Å². The number of piperidine rings is 1. The molecule has 0 aliphatic carbocycles. The van der Waals surface area contributed by atoms with Crippen molar-refractivity contribution in [2.45, 2.75) is 45.6 Å². The maximum absolute atomic E-state index is 9.92. The summed E-state index contributed by atoms with van der Waals surface area (Å²) in [4.78, 5) is 5.12. The molecule has 1 unspecified atom stereocenters. The normalized spacial score (nSPS) is 30.9. The van der Waals surface area contributed by atoms with Crippen molar-refractivity contribution in [1.29, 1.82) is 0 Å². The molecule has 2 aliphatic rings. The van der Waals surface area contributed by atoms with Gasteiger partial charge >= 0.3 is 0 Å². The molecular weight excluding hydrogens is 212 g/mol. The molecule has 1 atom stereocenters. The molecule has 2 aliphatic heterocycles. The lowest BCUT2D eigenvalue weighted by molar-refractivity contribution is -0.0250. The quantitative estimate of drug-likeness (QED) is 0.808. The van der Waals surface area contributed by atoms with Crippen LogP contribution in [0.1, 0.15) is 39.5 Å². The number of aliphatic hydroxyl groups is 1. The average molecular weight is 240 g/mol. The number of nitrogens with zero attached hydrogens (tertiary/aromatic N) is 2. The molecular formula is C14H28N2O. The molecule has 0 aromatic carbocycles. The fourth-order valence-electron chi connectivity index (χ4n) is 3.17. The van der Waals surface area contributed by atoms with Crippen molar-refractivity contribution >= 4 is 0 Å². The van der Waals surface area contributed by atoms with E-state index in [0.717, 1.165) is 19.5 Å². The molecule has 2 fully saturated rings. The molecule has 0 spiro atoms. The summed E-state index contributed by atoms with van der Waals surface area (Å²) in [6.45, 7) is 11.6. The van der Waals surface area contributed by atoms with E-state index in [1.54, 1.807) is 0 Å². The smallest absolute Gasteiger partial charge is 0.0615 e. The molecule has 17 heavy (non-hydrogen) atoms. The molecule has 0 aromatic rings. The van der Waals surface area contributed by atoms with Crippen LogP contribution in [0.2, 0.25) is 0 Å². The molecule has 2 heterocycles. The van der Waals surface area contributed by atoms with E-state index in [0.29, 0.717) is 0 Å². The van der Waals surface area contributed by atoms with Crippen LogP contribution in [0.25, 0.3) is 0 Å². The van der Waals surface area contributed by atoms with Gasteiger partial charge in [0.2, 0.25) is 0 Å². The minimum atomic E-state index is -0.114. The molecule has 2 saturated heterocycles. The van der Waals surface area contributed by atoms with Crippen LogP contribution in [0.15, 0.2) is 0 Å². The highest BCUT2D eigenvalue weighted by Gasteiger charge is 2.34. The fraction of sp³-hybridized carbons (Fsp3) is 1.00. The van der Waals surface area contributed by atoms with Crippen molar-refractivity contribution in [1.82, 2.24) is 9.80 Å². The van der Waals surface area contributed by atoms with Crippen LogP contribution < -0.4 is 0 Å². The van der Waals surface area contributed by atoms with Gasteiger partial charge in [-0.15, -0.1) is 0 Å². The Morgan fingerprint density at radius 1 is 1.06 bits per heavy atom. The molecule has 1 N–H and O–H groups in total. The van der Waals surface area contributed by atoms with E-state index in [1.807, 2.05) is 0 Å². The van der Waals surface area contributed by atoms with Crippen LogP contribution in [0.5, 0.6) is 0 Å². The minimum Gasteiger partial charge on any atom is -0.392 e. The third kappa shape index (κ3) is 3.67. The first-order valence-electron chi connectivity index (χ1n) is 7.21. The van der Waals surface area contributed by atoms with Crippen LogP contribution in [-0.2, 0) is 0 Å². The Morgan fingerprint density at radius 3 is 2.35 bits per heavy atom. The molecule has 3 heteroatoms. The standard InChI is InChI=1S/C14H28N2O/c1-14(2)12-16(11-6-13(14)17)10-5-9-15-7-3-4-8-15/h13,17H,3-12H2,1-2H3. The Morgan fingerprint density at radius 2 is 1.71 bits per heavy atom. The number of hydrogen-bond acceptors (Lipinski definition) is 3. The Balaban J connectivity index is 1.65. The first-order chi connectivity index (χ1) is 8.08. The lowest BCUT2D eigenvalue weighted by atomic mass is 9.81. The van der Waals surface area contributed by atoms with Gasteiger partial charge < -0.3 is 14.9 Å². The van der Waals surface area contributed by atoms with Gasteiger partial charge in [0.25, 0.3) is 0 Å². The lowest BCUT2D eigenvalue weighted by Gasteiger charge is -2.42. The van der Waals surface area contributed by atoms with Crippen LogP contribution in [0, 0.1) is 5.41 Å². The molecule has 0 amide bonds. The van der Waals surface area contributed by atoms with Gasteiger partial charge in [-0.25, -0.2) is 0 Å². The van der Waals surface area contributed by atoms with Gasteiger partial charge in [-0.2, -0.15) is 0 Å². The second kappa shape index (κ2) is 5.68. The molecule has 0 aromatic heterocycles. The average Bonchev–Trinajstić information content (AvgIpc) is 2.76. The van der Waals surface area contributed by atoms with E-state index in [4.69, 9.17) is 0 Å². The van der Waals surface area contributed by atoms with Gasteiger partial charge in [0.05, 0.1) is 6.10 Å². The Kier molecular flexibility index (Phi) is 4.45. The van der Waals surface area contributed by atoms with Gasteiger partial charge in [-0.05, 0) is 51.9 Å². The zero-order valence-corrected chi connectivity index (χ0v) is 11.5. The maximum Gasteiger partial charge on any atom is 0.0615 e. The van der Waals surface area contributed by atoms with E-state index in [-0.39, 0.29) is 11.5 Å². The van der Waals surface area contributed by atoms with Crippen LogP contribution in [-0.4, -0.2) is 60.3 Å². The van der Waals surface area contributed by atoms with Gasteiger partial charge in [0, 0.05) is 18.5 Å². The van der Waals surface area contributed by atoms with E-state index in [1.165, 1.54) is 45.4 Å². The van der Waals surface area contributed by atoms with Crippen LogP contribution in [0.3, 0.4) is 0 Å². The molecule has 100 valence electrons. The first kappa shape index (κ1) is 13.3. The summed E-state index contributed by atoms with van der Waals surface area (Å²) in [6, 6.07) is 0. The number of aliphatic hydroxyl groups excluding tert-OH is 1. The first-order valence-corrected chi connectivity index (χ1v) is 7.21. The SMILES string of the molecule is CC1(C)CN(CCCN2CCCC2)CCC1O. The second-order valence-electron chi connectivity index (χ2n) is 6.47. The topological polar surface area (TPSA) is 26.7 Å². The summed E-state index contributed by atoms with van der Waals surface area (Å²) in [7, 11) is 0. The highest BCUT2D eigenvalue weighted by molar-refractivity contribution is 4.86. The van der Waals surface area contributed by atoms with Crippen molar-refractivity contribution in [2.24, 2.45) is 5.41 Å². The Bertz CT molecular complexity index is 236.